The first-order valence-electron chi connectivity index (χ1n) is 9.95. The molecule has 0 aliphatic carbocycles. The summed E-state index contributed by atoms with van der Waals surface area (Å²) in [4.78, 5) is 33.4. The predicted octanol–water partition coefficient (Wildman–Crippen LogP) is 3.25. The minimum Gasteiger partial charge on any atom is -0.497 e. The third kappa shape index (κ3) is 3.92. The van der Waals surface area contributed by atoms with Crippen molar-refractivity contribution in [2.45, 2.75) is 20.4 Å². The maximum Gasteiger partial charge on any atom is 0.352 e. The maximum atomic E-state index is 13.0. The van der Waals surface area contributed by atoms with E-state index >= 15 is 0 Å². The summed E-state index contributed by atoms with van der Waals surface area (Å²) in [6.07, 6.45) is 1.64. The van der Waals surface area contributed by atoms with E-state index in [1.165, 1.54) is 10.6 Å². The van der Waals surface area contributed by atoms with Gasteiger partial charge in [0.1, 0.15) is 17.1 Å². The Kier molecular flexibility index (Phi) is 5.40. The molecule has 0 amide bonds. The molecule has 0 radical (unpaired) electrons. The predicted molar refractivity (Wildman–Crippen MR) is 121 cm³/mol. The van der Waals surface area contributed by atoms with Gasteiger partial charge in [0.15, 0.2) is 0 Å². The average Bonchev–Trinajstić information content (AvgIpc) is 3.13. The van der Waals surface area contributed by atoms with Crippen LogP contribution in [0.25, 0.3) is 11.0 Å². The summed E-state index contributed by atoms with van der Waals surface area (Å²) >= 11 is 0. The molecule has 0 saturated carbocycles. The SMILES string of the molecule is COc1ccc(Cn2c(=O)c(C)cc3c(C)nc(Nc4cc(C(=O)O)n(C)c4)nc32)cc1. The number of aromatic nitrogens is 4. The molecule has 4 rings (SSSR count). The molecule has 0 fully saturated rings. The lowest BCUT2D eigenvalue weighted by Crippen LogP contribution is -2.24. The first-order valence-corrected chi connectivity index (χ1v) is 9.95. The molecule has 9 nitrogen and oxygen atoms in total. The van der Waals surface area contributed by atoms with Crippen LogP contribution in [0.15, 0.2) is 47.4 Å². The molecule has 2 N–H and O–H groups in total. The standard InChI is InChI=1S/C23H23N5O4/c1-13-9-18-14(2)24-23(25-16-10-19(22(30)31)27(3)12-16)26-20(18)28(21(13)29)11-15-5-7-17(32-4)8-6-15/h5-10,12H,11H2,1-4H3,(H,30,31)(H,24,25,26). The van der Waals surface area contributed by atoms with Crippen molar-refractivity contribution >= 4 is 28.6 Å². The van der Waals surface area contributed by atoms with Crippen molar-refractivity contribution < 1.29 is 14.6 Å². The van der Waals surface area contributed by atoms with Gasteiger partial charge in [0.25, 0.3) is 5.56 Å². The molecule has 0 unspecified atom stereocenters. The lowest BCUT2D eigenvalue weighted by Gasteiger charge is -2.14. The molecule has 3 aromatic heterocycles. The molecule has 0 spiro atoms. The number of anilines is 2. The third-order valence-electron chi connectivity index (χ3n) is 5.30. The number of rotatable bonds is 6. The van der Waals surface area contributed by atoms with Crippen LogP contribution in [0.3, 0.4) is 0 Å². The summed E-state index contributed by atoms with van der Waals surface area (Å²) in [7, 11) is 3.25. The van der Waals surface area contributed by atoms with Gasteiger partial charge >= 0.3 is 5.97 Å². The second-order valence-corrected chi connectivity index (χ2v) is 7.59. The van der Waals surface area contributed by atoms with E-state index in [0.717, 1.165) is 16.7 Å². The fraction of sp³-hybridized carbons (Fsp3) is 0.217. The lowest BCUT2D eigenvalue weighted by atomic mass is 10.1. The maximum absolute atomic E-state index is 13.0. The molecule has 0 saturated heterocycles. The number of carboxylic acids is 1. The summed E-state index contributed by atoms with van der Waals surface area (Å²) in [5.74, 6) is -0.00678. The van der Waals surface area contributed by atoms with Gasteiger partial charge in [-0.2, -0.15) is 4.98 Å². The van der Waals surface area contributed by atoms with Crippen molar-refractivity contribution in [3.63, 3.8) is 0 Å². The van der Waals surface area contributed by atoms with Crippen molar-refractivity contribution in [3.05, 3.63) is 75.5 Å². The van der Waals surface area contributed by atoms with Gasteiger partial charge in [-0.05, 0) is 43.7 Å². The number of hydrogen-bond acceptors (Lipinski definition) is 6. The molecule has 9 heteroatoms. The minimum atomic E-state index is -1.03. The largest absolute Gasteiger partial charge is 0.497 e. The third-order valence-corrected chi connectivity index (χ3v) is 5.30. The first-order chi connectivity index (χ1) is 15.3. The molecular weight excluding hydrogens is 410 g/mol. The van der Waals surface area contributed by atoms with E-state index in [2.05, 4.69) is 15.3 Å². The lowest BCUT2D eigenvalue weighted by molar-refractivity contribution is 0.0686. The zero-order valence-electron chi connectivity index (χ0n) is 18.2. The van der Waals surface area contributed by atoms with E-state index in [1.807, 2.05) is 31.2 Å². The van der Waals surface area contributed by atoms with E-state index in [4.69, 9.17) is 4.74 Å². The van der Waals surface area contributed by atoms with Crippen molar-refractivity contribution in [2.24, 2.45) is 7.05 Å². The van der Waals surface area contributed by atoms with E-state index in [9.17, 15) is 14.7 Å². The summed E-state index contributed by atoms with van der Waals surface area (Å²) < 4.78 is 8.34. The number of fused-ring (bicyclic) bond motifs is 1. The second kappa shape index (κ2) is 8.18. The van der Waals surface area contributed by atoms with Gasteiger partial charge in [0, 0.05) is 24.2 Å². The number of ether oxygens (including phenoxy) is 1. The van der Waals surface area contributed by atoms with Crippen LogP contribution < -0.4 is 15.6 Å². The summed E-state index contributed by atoms with van der Waals surface area (Å²) in [5.41, 5.74) is 3.29. The van der Waals surface area contributed by atoms with Gasteiger partial charge in [0.2, 0.25) is 5.95 Å². The first kappa shape index (κ1) is 21.1. The fourth-order valence-electron chi connectivity index (χ4n) is 3.62. The highest BCUT2D eigenvalue weighted by atomic mass is 16.5. The second-order valence-electron chi connectivity index (χ2n) is 7.59. The molecule has 1 aromatic carbocycles. The van der Waals surface area contributed by atoms with Gasteiger partial charge in [0.05, 0.1) is 25.0 Å². The highest BCUT2D eigenvalue weighted by Gasteiger charge is 2.15. The Balaban J connectivity index is 1.79. The highest BCUT2D eigenvalue weighted by Crippen LogP contribution is 2.22. The van der Waals surface area contributed by atoms with Gasteiger partial charge in [-0.15, -0.1) is 0 Å². The highest BCUT2D eigenvalue weighted by molar-refractivity contribution is 5.88. The van der Waals surface area contributed by atoms with Crippen molar-refractivity contribution in [2.75, 3.05) is 12.4 Å². The molecule has 0 bridgehead atoms. The zero-order valence-corrected chi connectivity index (χ0v) is 18.2. The number of nitrogens with one attached hydrogen (secondary N) is 1. The number of nitrogens with zero attached hydrogens (tertiary/aromatic N) is 4. The number of aromatic carboxylic acids is 1. The normalized spacial score (nSPS) is 11.0. The Morgan fingerprint density at radius 2 is 1.88 bits per heavy atom. The summed E-state index contributed by atoms with van der Waals surface area (Å²) in [5, 5.41) is 13.1. The summed E-state index contributed by atoms with van der Waals surface area (Å²) in [6, 6.07) is 10.8. The van der Waals surface area contributed by atoms with E-state index in [-0.39, 0.29) is 17.2 Å². The average molecular weight is 433 g/mol. The van der Waals surface area contributed by atoms with Crippen molar-refractivity contribution in [1.82, 2.24) is 19.1 Å². The molecule has 3 heterocycles. The van der Waals surface area contributed by atoms with Crippen LogP contribution >= 0.6 is 0 Å². The zero-order chi connectivity index (χ0) is 23.0. The molecule has 0 aliphatic heterocycles. The minimum absolute atomic E-state index is 0.134. The van der Waals surface area contributed by atoms with Gasteiger partial charge < -0.3 is 19.7 Å². The Morgan fingerprint density at radius 1 is 1.16 bits per heavy atom. The van der Waals surface area contributed by atoms with Crippen LogP contribution in [0.4, 0.5) is 11.6 Å². The van der Waals surface area contributed by atoms with Gasteiger partial charge in [-0.1, -0.05) is 12.1 Å². The Hall–Kier alpha value is -4.14. The monoisotopic (exact) mass is 433 g/mol. The summed E-state index contributed by atoms with van der Waals surface area (Å²) in [6.45, 7) is 3.96. The van der Waals surface area contributed by atoms with Crippen molar-refractivity contribution in [3.8, 4) is 5.75 Å². The van der Waals surface area contributed by atoms with Gasteiger partial charge in [-0.3, -0.25) is 9.36 Å². The Bertz CT molecular complexity index is 1390. The number of carbonyl (C=O) groups is 1. The number of benzene rings is 1. The molecule has 32 heavy (non-hydrogen) atoms. The van der Waals surface area contributed by atoms with Crippen LogP contribution in [0.1, 0.15) is 27.3 Å². The number of methoxy groups -OCH3 is 1. The number of carboxylic acid groups (broad SMARTS) is 1. The van der Waals surface area contributed by atoms with Crippen molar-refractivity contribution in [1.29, 1.82) is 0 Å². The van der Waals surface area contributed by atoms with E-state index in [1.54, 1.807) is 37.9 Å². The smallest absolute Gasteiger partial charge is 0.352 e. The molecular formula is C23H23N5O4. The van der Waals surface area contributed by atoms with E-state index < -0.39 is 5.97 Å². The molecule has 4 aromatic rings. The van der Waals surface area contributed by atoms with E-state index in [0.29, 0.717) is 29.1 Å². The number of aryl methyl sites for hydroxylation is 3. The quantitative estimate of drug-likeness (QED) is 0.480. The molecule has 0 aliphatic rings. The van der Waals surface area contributed by atoms with Crippen LogP contribution in [0, 0.1) is 13.8 Å². The number of pyridine rings is 1. The molecule has 0 atom stereocenters. The topological polar surface area (TPSA) is 111 Å². The number of hydrogen-bond donors (Lipinski definition) is 2. The van der Waals surface area contributed by atoms with Crippen LogP contribution in [-0.4, -0.2) is 37.3 Å². The van der Waals surface area contributed by atoms with Gasteiger partial charge in [-0.25, -0.2) is 9.78 Å². The van der Waals surface area contributed by atoms with Crippen LogP contribution in [0.2, 0.25) is 0 Å². The molecule has 164 valence electrons. The van der Waals surface area contributed by atoms with Crippen LogP contribution in [0.5, 0.6) is 5.75 Å². The Labute approximate surface area is 183 Å². The Morgan fingerprint density at radius 3 is 2.50 bits per heavy atom. The fourth-order valence-corrected chi connectivity index (χ4v) is 3.62. The van der Waals surface area contributed by atoms with Crippen LogP contribution in [-0.2, 0) is 13.6 Å².